The first-order chi connectivity index (χ1) is 9.87. The molecule has 2 heterocycles. The highest BCUT2D eigenvalue weighted by atomic mass is 32.2. The largest absolute Gasteiger partial charge is 0.342 e. The van der Waals surface area contributed by atoms with Gasteiger partial charge in [-0.05, 0) is 25.7 Å². The Morgan fingerprint density at radius 3 is 2.10 bits per heavy atom. The number of rotatable bonds is 3. The van der Waals surface area contributed by atoms with E-state index in [-0.39, 0.29) is 16.6 Å². The number of piperidine rings is 1. The van der Waals surface area contributed by atoms with Crippen LogP contribution in [0, 0.1) is 5.92 Å². The first-order valence-corrected chi connectivity index (χ1v) is 9.06. The predicted octanol–water partition coefficient (Wildman–Crippen LogP) is 2.38. The van der Waals surface area contributed by atoms with Crippen molar-refractivity contribution in [1.29, 1.82) is 0 Å². The fourth-order valence-electron chi connectivity index (χ4n) is 2.94. The number of thioether (sulfide) groups is 1. The summed E-state index contributed by atoms with van der Waals surface area (Å²) in [6.45, 7) is 9.74. The van der Waals surface area contributed by atoms with Gasteiger partial charge in [0, 0.05) is 36.8 Å². The summed E-state index contributed by atoms with van der Waals surface area (Å²) in [7, 11) is 0. The zero-order valence-corrected chi connectivity index (χ0v) is 14.4. The Balaban J connectivity index is 1.74. The molecule has 2 rings (SSSR count). The molecule has 0 N–H and O–H groups in total. The summed E-state index contributed by atoms with van der Waals surface area (Å²) in [5, 5.41) is 0. The second kappa shape index (κ2) is 7.03. The SMILES string of the molecule is CC(C)(C)SCC(=O)N1CCC(C(=O)N2CCCC2)CC1. The lowest BCUT2D eigenvalue weighted by atomic mass is 9.95. The third-order valence-electron chi connectivity index (χ3n) is 4.24. The Morgan fingerprint density at radius 2 is 1.57 bits per heavy atom. The van der Waals surface area contributed by atoms with E-state index in [2.05, 4.69) is 20.8 Å². The van der Waals surface area contributed by atoms with Crippen molar-refractivity contribution < 1.29 is 9.59 Å². The molecule has 0 aromatic rings. The average Bonchev–Trinajstić information content (AvgIpc) is 2.97. The highest BCUT2D eigenvalue weighted by Crippen LogP contribution is 2.25. The molecule has 4 nitrogen and oxygen atoms in total. The van der Waals surface area contributed by atoms with Gasteiger partial charge in [-0.25, -0.2) is 0 Å². The van der Waals surface area contributed by atoms with Gasteiger partial charge in [-0.15, -0.1) is 11.8 Å². The minimum atomic E-state index is 0.125. The number of hydrogen-bond donors (Lipinski definition) is 0. The summed E-state index contributed by atoms with van der Waals surface area (Å²) in [5.41, 5.74) is 0. The van der Waals surface area contributed by atoms with Crippen LogP contribution in [0.5, 0.6) is 0 Å². The van der Waals surface area contributed by atoms with E-state index < -0.39 is 0 Å². The molecule has 0 spiro atoms. The lowest BCUT2D eigenvalue weighted by molar-refractivity contribution is -0.139. The molecule has 0 bridgehead atoms. The fourth-order valence-corrected chi connectivity index (χ4v) is 3.68. The van der Waals surface area contributed by atoms with E-state index in [9.17, 15) is 9.59 Å². The number of carbonyl (C=O) groups excluding carboxylic acids is 2. The van der Waals surface area contributed by atoms with Gasteiger partial charge < -0.3 is 9.80 Å². The van der Waals surface area contributed by atoms with Crippen LogP contribution in [0.2, 0.25) is 0 Å². The number of amides is 2. The van der Waals surface area contributed by atoms with Crippen molar-refractivity contribution >= 4 is 23.6 Å². The van der Waals surface area contributed by atoms with Crippen LogP contribution in [0.25, 0.3) is 0 Å². The minimum Gasteiger partial charge on any atom is -0.342 e. The Morgan fingerprint density at radius 1 is 1.00 bits per heavy atom. The lowest BCUT2D eigenvalue weighted by Crippen LogP contribution is -2.44. The van der Waals surface area contributed by atoms with Crippen LogP contribution < -0.4 is 0 Å². The molecule has 120 valence electrons. The van der Waals surface area contributed by atoms with E-state index in [4.69, 9.17) is 0 Å². The van der Waals surface area contributed by atoms with Gasteiger partial charge in [-0.3, -0.25) is 9.59 Å². The van der Waals surface area contributed by atoms with Gasteiger partial charge in [-0.2, -0.15) is 0 Å². The summed E-state index contributed by atoms with van der Waals surface area (Å²) in [6.07, 6.45) is 3.96. The van der Waals surface area contributed by atoms with Crippen LogP contribution in [0.1, 0.15) is 46.5 Å². The van der Waals surface area contributed by atoms with Gasteiger partial charge in [0.2, 0.25) is 11.8 Å². The molecule has 2 amide bonds. The normalized spacial score (nSPS) is 20.9. The van der Waals surface area contributed by atoms with Crippen LogP contribution in [0.4, 0.5) is 0 Å². The molecular formula is C16H28N2O2S. The van der Waals surface area contributed by atoms with Gasteiger partial charge in [0.15, 0.2) is 0 Å². The molecule has 0 radical (unpaired) electrons. The first kappa shape index (κ1) is 16.7. The van der Waals surface area contributed by atoms with E-state index in [0.717, 1.165) is 51.9 Å². The Bertz CT molecular complexity index is 378. The van der Waals surface area contributed by atoms with E-state index >= 15 is 0 Å². The smallest absolute Gasteiger partial charge is 0.232 e. The van der Waals surface area contributed by atoms with Gasteiger partial charge in [-0.1, -0.05) is 20.8 Å². The van der Waals surface area contributed by atoms with Gasteiger partial charge >= 0.3 is 0 Å². The summed E-state index contributed by atoms with van der Waals surface area (Å²) < 4.78 is 0.125. The van der Waals surface area contributed by atoms with Gasteiger partial charge in [0.25, 0.3) is 0 Å². The van der Waals surface area contributed by atoms with Crippen molar-refractivity contribution in [2.45, 2.75) is 51.2 Å². The first-order valence-electron chi connectivity index (χ1n) is 8.07. The maximum atomic E-state index is 12.4. The van der Waals surface area contributed by atoms with E-state index in [0.29, 0.717) is 11.7 Å². The van der Waals surface area contributed by atoms with E-state index in [1.54, 1.807) is 11.8 Å². The molecule has 2 fully saturated rings. The molecule has 0 unspecified atom stereocenters. The minimum absolute atomic E-state index is 0.125. The summed E-state index contributed by atoms with van der Waals surface area (Å²) >= 11 is 1.70. The maximum Gasteiger partial charge on any atom is 0.232 e. The summed E-state index contributed by atoms with van der Waals surface area (Å²) in [4.78, 5) is 28.5. The Kier molecular flexibility index (Phi) is 5.58. The molecule has 2 aliphatic heterocycles. The third kappa shape index (κ3) is 4.90. The van der Waals surface area contributed by atoms with Crippen molar-refractivity contribution in [3.63, 3.8) is 0 Å². The van der Waals surface area contributed by atoms with E-state index in [1.807, 2.05) is 9.80 Å². The van der Waals surface area contributed by atoms with Crippen LogP contribution in [0.15, 0.2) is 0 Å². The highest BCUT2D eigenvalue weighted by molar-refractivity contribution is 8.01. The van der Waals surface area contributed by atoms with Crippen LogP contribution in [-0.2, 0) is 9.59 Å². The molecule has 0 aromatic heterocycles. The molecule has 0 aromatic carbocycles. The zero-order valence-electron chi connectivity index (χ0n) is 13.6. The quantitative estimate of drug-likeness (QED) is 0.803. The second-order valence-electron chi connectivity index (χ2n) is 7.09. The van der Waals surface area contributed by atoms with Crippen molar-refractivity contribution in [2.75, 3.05) is 31.9 Å². The van der Waals surface area contributed by atoms with E-state index in [1.165, 1.54) is 0 Å². The molecule has 0 aliphatic carbocycles. The van der Waals surface area contributed by atoms with Crippen LogP contribution >= 0.6 is 11.8 Å². The zero-order chi connectivity index (χ0) is 15.5. The Hall–Kier alpha value is -0.710. The molecule has 2 aliphatic rings. The second-order valence-corrected chi connectivity index (χ2v) is 8.89. The molecule has 2 saturated heterocycles. The number of likely N-dealkylation sites (tertiary alicyclic amines) is 2. The Labute approximate surface area is 132 Å². The molecule has 21 heavy (non-hydrogen) atoms. The standard InChI is InChI=1S/C16H28N2O2S/c1-16(2,3)21-12-14(19)17-10-6-13(7-11-17)15(20)18-8-4-5-9-18/h13H,4-12H2,1-3H3. The number of carbonyl (C=O) groups is 2. The molecule has 0 atom stereocenters. The van der Waals surface area contributed by atoms with Crippen LogP contribution in [-0.4, -0.2) is 58.3 Å². The maximum absolute atomic E-state index is 12.4. The average molecular weight is 312 g/mol. The van der Waals surface area contributed by atoms with Gasteiger partial charge in [0.1, 0.15) is 0 Å². The van der Waals surface area contributed by atoms with Crippen molar-refractivity contribution in [3.8, 4) is 0 Å². The van der Waals surface area contributed by atoms with Crippen LogP contribution in [0.3, 0.4) is 0 Å². The van der Waals surface area contributed by atoms with Crippen molar-refractivity contribution in [1.82, 2.24) is 9.80 Å². The summed E-state index contributed by atoms with van der Waals surface area (Å²) in [5.74, 6) is 1.24. The highest BCUT2D eigenvalue weighted by Gasteiger charge is 2.31. The molecular weight excluding hydrogens is 284 g/mol. The monoisotopic (exact) mass is 312 g/mol. The fraction of sp³-hybridized carbons (Fsp3) is 0.875. The topological polar surface area (TPSA) is 40.6 Å². The lowest BCUT2D eigenvalue weighted by Gasteiger charge is -2.33. The third-order valence-corrected chi connectivity index (χ3v) is 5.50. The number of nitrogens with zero attached hydrogens (tertiary/aromatic N) is 2. The molecule has 0 saturated carbocycles. The van der Waals surface area contributed by atoms with Crippen molar-refractivity contribution in [3.05, 3.63) is 0 Å². The predicted molar refractivity (Wildman–Crippen MR) is 87.3 cm³/mol. The summed E-state index contributed by atoms with van der Waals surface area (Å²) in [6, 6.07) is 0. The molecule has 5 heteroatoms. The number of hydrogen-bond acceptors (Lipinski definition) is 3. The van der Waals surface area contributed by atoms with Crippen molar-refractivity contribution in [2.24, 2.45) is 5.92 Å². The van der Waals surface area contributed by atoms with Gasteiger partial charge in [0.05, 0.1) is 5.75 Å².